The molecule has 0 aliphatic rings. The van der Waals surface area contributed by atoms with Crippen molar-refractivity contribution in [1.82, 2.24) is 5.32 Å². The number of nitrogen functional groups attached to an aromatic ring is 1. The number of hydrogen-bond donors (Lipinski definition) is 2. The average Bonchev–Trinajstić information content (AvgIpc) is 2.65. The smallest absolute Gasteiger partial charge is 0.308 e. The SMILES string of the molecule is CC(=O)c1cccc(N)c1.CCC(=O)NC(CC(=O)OC(C)(C)C)c1cc(Cl)cc(Cl)c1. The van der Waals surface area contributed by atoms with Gasteiger partial charge in [0.1, 0.15) is 5.60 Å². The number of Topliss-reactive ketones (excluding diaryl/α,β-unsaturated/α-hetero) is 1. The van der Waals surface area contributed by atoms with Gasteiger partial charge >= 0.3 is 5.97 Å². The van der Waals surface area contributed by atoms with Crippen LogP contribution in [-0.2, 0) is 14.3 Å². The number of rotatable bonds is 6. The monoisotopic (exact) mass is 480 g/mol. The molecule has 0 aromatic heterocycles. The van der Waals surface area contributed by atoms with E-state index in [0.29, 0.717) is 33.3 Å². The van der Waals surface area contributed by atoms with Gasteiger partial charge in [-0.2, -0.15) is 0 Å². The van der Waals surface area contributed by atoms with Gasteiger partial charge in [-0.15, -0.1) is 0 Å². The summed E-state index contributed by atoms with van der Waals surface area (Å²) < 4.78 is 5.31. The highest BCUT2D eigenvalue weighted by atomic mass is 35.5. The van der Waals surface area contributed by atoms with E-state index in [-0.39, 0.29) is 18.1 Å². The third kappa shape index (κ3) is 10.6. The molecule has 8 heteroatoms. The molecule has 2 rings (SSSR count). The van der Waals surface area contributed by atoms with E-state index in [1.807, 2.05) is 0 Å². The van der Waals surface area contributed by atoms with E-state index < -0.39 is 17.6 Å². The summed E-state index contributed by atoms with van der Waals surface area (Å²) in [4.78, 5) is 34.5. The highest BCUT2D eigenvalue weighted by Crippen LogP contribution is 2.26. The zero-order chi connectivity index (χ0) is 24.5. The molecule has 2 aromatic rings. The number of benzene rings is 2. The molecule has 2 aromatic carbocycles. The average molecular weight is 481 g/mol. The number of nitrogens with one attached hydrogen (secondary N) is 1. The maximum absolute atomic E-state index is 12.0. The van der Waals surface area contributed by atoms with Gasteiger partial charge in [0.25, 0.3) is 0 Å². The van der Waals surface area contributed by atoms with Crippen LogP contribution in [0.5, 0.6) is 0 Å². The number of anilines is 1. The minimum absolute atomic E-state index is 0.0136. The van der Waals surface area contributed by atoms with E-state index in [1.165, 1.54) is 6.92 Å². The van der Waals surface area contributed by atoms with Gasteiger partial charge in [-0.1, -0.05) is 42.3 Å². The summed E-state index contributed by atoms with van der Waals surface area (Å²) in [5.41, 5.74) is 6.83. The number of halogens is 2. The summed E-state index contributed by atoms with van der Waals surface area (Å²) in [5.74, 6) is -0.512. The molecule has 174 valence electrons. The second-order valence-electron chi connectivity index (χ2n) is 8.15. The summed E-state index contributed by atoms with van der Waals surface area (Å²) in [7, 11) is 0. The number of nitrogens with two attached hydrogens (primary N) is 1. The van der Waals surface area contributed by atoms with Crippen molar-refractivity contribution in [3.05, 3.63) is 63.6 Å². The van der Waals surface area contributed by atoms with E-state index in [4.69, 9.17) is 33.7 Å². The first kappa shape index (κ1) is 27.5. The second-order valence-corrected chi connectivity index (χ2v) is 9.02. The third-order valence-electron chi connectivity index (χ3n) is 4.03. The van der Waals surface area contributed by atoms with Crippen LogP contribution in [0.3, 0.4) is 0 Å². The summed E-state index contributed by atoms with van der Waals surface area (Å²) in [6, 6.07) is 11.4. The number of ketones is 1. The molecule has 0 aliphatic carbocycles. The molecule has 1 unspecified atom stereocenters. The van der Waals surface area contributed by atoms with Gasteiger partial charge in [-0.3, -0.25) is 14.4 Å². The summed E-state index contributed by atoms with van der Waals surface area (Å²) >= 11 is 12.0. The molecule has 0 saturated carbocycles. The fourth-order valence-corrected chi connectivity index (χ4v) is 3.18. The van der Waals surface area contributed by atoms with Crippen LogP contribution >= 0.6 is 23.2 Å². The molecule has 0 heterocycles. The lowest BCUT2D eigenvalue weighted by molar-refractivity contribution is -0.155. The summed E-state index contributed by atoms with van der Waals surface area (Å²) in [6.45, 7) is 8.64. The fourth-order valence-electron chi connectivity index (χ4n) is 2.63. The predicted molar refractivity (Wildman–Crippen MR) is 129 cm³/mol. The number of esters is 1. The van der Waals surface area contributed by atoms with Gasteiger partial charge in [0.05, 0.1) is 12.5 Å². The number of carbonyl (C=O) groups excluding carboxylic acids is 3. The number of carbonyl (C=O) groups is 3. The van der Waals surface area contributed by atoms with E-state index in [0.717, 1.165) is 0 Å². The fraction of sp³-hybridized carbons (Fsp3) is 0.375. The Hall–Kier alpha value is -2.57. The Bertz CT molecular complexity index is 935. The van der Waals surface area contributed by atoms with E-state index in [9.17, 15) is 14.4 Å². The largest absolute Gasteiger partial charge is 0.460 e. The van der Waals surface area contributed by atoms with Crippen LogP contribution in [0.4, 0.5) is 5.69 Å². The van der Waals surface area contributed by atoms with Gasteiger partial charge < -0.3 is 15.8 Å². The van der Waals surface area contributed by atoms with Gasteiger partial charge in [0, 0.05) is 27.7 Å². The molecule has 0 fully saturated rings. The molecular weight excluding hydrogens is 451 g/mol. The van der Waals surface area contributed by atoms with Crippen molar-refractivity contribution in [1.29, 1.82) is 0 Å². The van der Waals surface area contributed by atoms with E-state index in [2.05, 4.69) is 5.32 Å². The molecule has 6 nitrogen and oxygen atoms in total. The maximum Gasteiger partial charge on any atom is 0.308 e. The number of amides is 1. The first-order valence-corrected chi connectivity index (χ1v) is 10.9. The molecular formula is C24H30Cl2N2O4. The molecule has 0 radical (unpaired) electrons. The normalized spacial score (nSPS) is 11.6. The lowest BCUT2D eigenvalue weighted by atomic mass is 10.0. The van der Waals surface area contributed by atoms with Gasteiger partial charge in [-0.25, -0.2) is 0 Å². The molecule has 0 bridgehead atoms. The van der Waals surface area contributed by atoms with Crippen LogP contribution in [0, 0.1) is 0 Å². The highest BCUT2D eigenvalue weighted by molar-refractivity contribution is 6.34. The van der Waals surface area contributed by atoms with Crippen LogP contribution in [0.15, 0.2) is 42.5 Å². The molecule has 0 saturated heterocycles. The van der Waals surface area contributed by atoms with Gasteiger partial charge in [0.15, 0.2) is 5.78 Å². The van der Waals surface area contributed by atoms with Crippen molar-refractivity contribution >= 4 is 46.5 Å². The highest BCUT2D eigenvalue weighted by Gasteiger charge is 2.23. The van der Waals surface area contributed by atoms with Crippen LogP contribution in [-0.4, -0.2) is 23.3 Å². The maximum atomic E-state index is 12.0. The number of hydrogen-bond acceptors (Lipinski definition) is 5. The Balaban J connectivity index is 0.000000425. The Morgan fingerprint density at radius 2 is 1.66 bits per heavy atom. The molecule has 32 heavy (non-hydrogen) atoms. The van der Waals surface area contributed by atoms with Gasteiger partial charge in [-0.05, 0) is 63.6 Å². The Morgan fingerprint density at radius 1 is 1.06 bits per heavy atom. The predicted octanol–water partition coefficient (Wildman–Crippen LogP) is 5.76. The minimum Gasteiger partial charge on any atom is -0.460 e. The first-order valence-electron chi connectivity index (χ1n) is 10.1. The summed E-state index contributed by atoms with van der Waals surface area (Å²) in [5, 5.41) is 3.69. The molecule has 0 spiro atoms. The Morgan fingerprint density at radius 3 is 2.09 bits per heavy atom. The first-order chi connectivity index (χ1) is 14.8. The van der Waals surface area contributed by atoms with Crippen LogP contribution < -0.4 is 11.1 Å². The van der Waals surface area contributed by atoms with E-state index in [1.54, 1.807) is 70.2 Å². The van der Waals surface area contributed by atoms with Crippen LogP contribution in [0.2, 0.25) is 10.0 Å². The van der Waals surface area contributed by atoms with Crippen molar-refractivity contribution in [2.24, 2.45) is 0 Å². The van der Waals surface area contributed by atoms with Crippen molar-refractivity contribution in [3.8, 4) is 0 Å². The minimum atomic E-state index is -0.581. The standard InChI is InChI=1S/C16H21Cl2NO3.C8H9NO/c1-5-14(20)19-13(9-15(21)22-16(2,3)4)10-6-11(17)8-12(18)7-10;1-6(10)7-3-2-4-8(9)5-7/h6-8,13H,5,9H2,1-4H3,(H,19,20);2-5H,9H2,1H3. The van der Waals surface area contributed by atoms with Crippen molar-refractivity contribution < 1.29 is 19.1 Å². The zero-order valence-electron chi connectivity index (χ0n) is 19.0. The quantitative estimate of drug-likeness (QED) is 0.310. The molecule has 1 amide bonds. The topological polar surface area (TPSA) is 98.5 Å². The lowest BCUT2D eigenvalue weighted by Crippen LogP contribution is -2.32. The van der Waals surface area contributed by atoms with Crippen LogP contribution in [0.1, 0.15) is 69.4 Å². The van der Waals surface area contributed by atoms with Crippen molar-refractivity contribution in [3.63, 3.8) is 0 Å². The van der Waals surface area contributed by atoms with Crippen LogP contribution in [0.25, 0.3) is 0 Å². The third-order valence-corrected chi connectivity index (χ3v) is 4.46. The molecule has 1 atom stereocenters. The number of ether oxygens (including phenoxy) is 1. The second kappa shape index (κ2) is 12.5. The molecule has 0 aliphatic heterocycles. The lowest BCUT2D eigenvalue weighted by Gasteiger charge is -2.23. The van der Waals surface area contributed by atoms with Crippen molar-refractivity contribution in [2.45, 2.75) is 59.1 Å². The zero-order valence-corrected chi connectivity index (χ0v) is 20.5. The van der Waals surface area contributed by atoms with Gasteiger partial charge in [0.2, 0.25) is 5.91 Å². The molecule has 3 N–H and O–H groups in total. The van der Waals surface area contributed by atoms with Crippen molar-refractivity contribution in [2.75, 3.05) is 5.73 Å². The van der Waals surface area contributed by atoms with E-state index >= 15 is 0 Å². The summed E-state index contributed by atoms with van der Waals surface area (Å²) in [6.07, 6.45) is 0.332. The Kier molecular flexibility index (Phi) is 10.7. The Labute approximate surface area is 199 Å².